The Balaban J connectivity index is 2.52. The number of benzene rings is 1. The molecule has 0 radical (unpaired) electrons. The molecule has 130 valence electrons. The van der Waals surface area contributed by atoms with Crippen LogP contribution in [0.3, 0.4) is 0 Å². The molecule has 1 aromatic carbocycles. The second-order valence-electron chi connectivity index (χ2n) is 6.79. The van der Waals surface area contributed by atoms with Crippen molar-refractivity contribution in [2.45, 2.75) is 39.4 Å². The van der Waals surface area contributed by atoms with Gasteiger partial charge in [-0.05, 0) is 12.1 Å². The van der Waals surface area contributed by atoms with Gasteiger partial charge >= 0.3 is 5.97 Å². The number of hydrogen-bond acceptors (Lipinski definition) is 5. The van der Waals surface area contributed by atoms with E-state index in [4.69, 9.17) is 9.47 Å². The molecule has 1 amide bonds. The second-order valence-corrected chi connectivity index (χ2v) is 6.79. The fourth-order valence-corrected chi connectivity index (χ4v) is 2.75. The van der Waals surface area contributed by atoms with Crippen molar-refractivity contribution in [3.05, 3.63) is 35.9 Å². The van der Waals surface area contributed by atoms with Crippen molar-refractivity contribution in [1.82, 2.24) is 4.90 Å². The van der Waals surface area contributed by atoms with Crippen LogP contribution in [-0.2, 0) is 14.3 Å². The van der Waals surface area contributed by atoms with E-state index in [2.05, 4.69) is 4.99 Å². The van der Waals surface area contributed by atoms with E-state index >= 15 is 0 Å². The van der Waals surface area contributed by atoms with Crippen LogP contribution in [0.15, 0.2) is 35.3 Å². The Labute approximate surface area is 142 Å². The van der Waals surface area contributed by atoms with Crippen LogP contribution in [0, 0.1) is 5.41 Å². The first-order valence-electron chi connectivity index (χ1n) is 7.85. The first kappa shape index (κ1) is 18.0. The molecule has 1 heterocycles. The molecule has 6 nitrogen and oxygen atoms in total. The zero-order valence-electron chi connectivity index (χ0n) is 14.8. The van der Waals surface area contributed by atoms with E-state index in [1.807, 2.05) is 26.8 Å². The number of methoxy groups -OCH3 is 2. The first-order chi connectivity index (χ1) is 11.3. The summed E-state index contributed by atoms with van der Waals surface area (Å²) < 4.78 is 10.2. The maximum absolute atomic E-state index is 13.1. The number of aliphatic imine (C=N–C) groups is 1. The van der Waals surface area contributed by atoms with Gasteiger partial charge in [0.25, 0.3) is 5.91 Å². The summed E-state index contributed by atoms with van der Waals surface area (Å²) in [5, 5.41) is 0. The van der Waals surface area contributed by atoms with Crippen LogP contribution in [-0.4, -0.2) is 49.1 Å². The SMILES string of the molecule is COC(=O)[C@@H]1CC(OC)=N[C@H](C(C)(C)C)N1C(=O)c1ccccc1. The smallest absolute Gasteiger partial charge is 0.329 e. The Bertz CT molecular complexity index is 634. The zero-order chi connectivity index (χ0) is 17.9. The lowest BCUT2D eigenvalue weighted by atomic mass is 9.88. The van der Waals surface area contributed by atoms with Crippen molar-refractivity contribution < 1.29 is 19.1 Å². The summed E-state index contributed by atoms with van der Waals surface area (Å²) in [5.41, 5.74) is 0.137. The van der Waals surface area contributed by atoms with Gasteiger partial charge in [0.2, 0.25) is 0 Å². The van der Waals surface area contributed by atoms with Gasteiger partial charge in [-0.25, -0.2) is 9.79 Å². The van der Waals surface area contributed by atoms with Crippen molar-refractivity contribution >= 4 is 17.8 Å². The Morgan fingerprint density at radius 3 is 2.29 bits per heavy atom. The Morgan fingerprint density at radius 2 is 1.79 bits per heavy atom. The normalized spacial score (nSPS) is 21.0. The lowest BCUT2D eigenvalue weighted by Gasteiger charge is -2.43. The third-order valence-corrected chi connectivity index (χ3v) is 3.97. The molecule has 0 saturated carbocycles. The van der Waals surface area contributed by atoms with Crippen molar-refractivity contribution in [2.24, 2.45) is 10.4 Å². The lowest BCUT2D eigenvalue weighted by Crippen LogP contribution is -2.58. The molecule has 6 heteroatoms. The number of esters is 1. The number of nitrogens with zero attached hydrogens (tertiary/aromatic N) is 2. The molecule has 24 heavy (non-hydrogen) atoms. The fourth-order valence-electron chi connectivity index (χ4n) is 2.75. The van der Waals surface area contributed by atoms with Crippen molar-refractivity contribution in [3.8, 4) is 0 Å². The Morgan fingerprint density at radius 1 is 1.17 bits per heavy atom. The molecule has 0 spiro atoms. The van der Waals surface area contributed by atoms with Crippen molar-refractivity contribution in [3.63, 3.8) is 0 Å². The molecule has 0 aromatic heterocycles. The van der Waals surface area contributed by atoms with Crippen molar-refractivity contribution in [2.75, 3.05) is 14.2 Å². The van der Waals surface area contributed by atoms with Gasteiger partial charge in [0, 0.05) is 11.0 Å². The van der Waals surface area contributed by atoms with Crippen LogP contribution in [0.1, 0.15) is 37.6 Å². The highest BCUT2D eigenvalue weighted by Crippen LogP contribution is 2.33. The van der Waals surface area contributed by atoms with E-state index in [-0.39, 0.29) is 17.7 Å². The van der Waals surface area contributed by atoms with Crippen molar-refractivity contribution in [1.29, 1.82) is 0 Å². The predicted octanol–water partition coefficient (Wildman–Crippen LogP) is 2.49. The molecule has 0 unspecified atom stereocenters. The summed E-state index contributed by atoms with van der Waals surface area (Å²) in [4.78, 5) is 31.5. The topological polar surface area (TPSA) is 68.2 Å². The number of rotatable bonds is 2. The fraction of sp³-hybridized carbons (Fsp3) is 0.500. The number of carbonyl (C=O) groups excluding carboxylic acids is 2. The molecular weight excluding hydrogens is 308 g/mol. The van der Waals surface area contributed by atoms with Gasteiger partial charge in [-0.2, -0.15) is 0 Å². The van der Waals surface area contributed by atoms with Crippen LogP contribution < -0.4 is 0 Å². The van der Waals surface area contributed by atoms with Crippen LogP contribution in [0.25, 0.3) is 0 Å². The Hall–Kier alpha value is -2.37. The standard InChI is InChI=1S/C18H24N2O4/c1-18(2,3)17-19-14(23-4)11-13(16(22)24-5)20(17)15(21)12-9-7-6-8-10-12/h6-10,13,17H,11H2,1-5H3/t13-,17-/m0/s1. The average molecular weight is 332 g/mol. The summed E-state index contributed by atoms with van der Waals surface area (Å²) >= 11 is 0. The highest BCUT2D eigenvalue weighted by atomic mass is 16.5. The largest absolute Gasteiger partial charge is 0.484 e. The van der Waals surface area contributed by atoms with Gasteiger partial charge in [-0.1, -0.05) is 39.0 Å². The zero-order valence-corrected chi connectivity index (χ0v) is 14.8. The van der Waals surface area contributed by atoms with E-state index in [0.29, 0.717) is 11.5 Å². The van der Waals surface area contributed by atoms with E-state index in [0.717, 1.165) is 0 Å². The summed E-state index contributed by atoms with van der Waals surface area (Å²) in [6.07, 6.45) is -0.327. The van der Waals surface area contributed by atoms with E-state index in [1.165, 1.54) is 19.1 Å². The molecule has 0 fully saturated rings. The predicted molar refractivity (Wildman–Crippen MR) is 90.7 cm³/mol. The van der Waals surface area contributed by atoms with E-state index in [9.17, 15) is 9.59 Å². The summed E-state index contributed by atoms with van der Waals surface area (Å²) in [6.45, 7) is 5.91. The van der Waals surface area contributed by atoms with Gasteiger partial charge in [0.15, 0.2) is 5.90 Å². The average Bonchev–Trinajstić information content (AvgIpc) is 2.59. The van der Waals surface area contributed by atoms with Crippen LogP contribution >= 0.6 is 0 Å². The van der Waals surface area contributed by atoms with E-state index < -0.39 is 18.2 Å². The van der Waals surface area contributed by atoms with Gasteiger partial charge in [-0.3, -0.25) is 4.79 Å². The molecule has 1 aromatic rings. The third-order valence-electron chi connectivity index (χ3n) is 3.97. The molecule has 0 bridgehead atoms. The van der Waals surface area contributed by atoms with Crippen LogP contribution in [0.4, 0.5) is 0 Å². The molecule has 0 N–H and O–H groups in total. The molecular formula is C18H24N2O4. The highest BCUT2D eigenvalue weighted by Gasteiger charge is 2.45. The number of carbonyl (C=O) groups is 2. The first-order valence-corrected chi connectivity index (χ1v) is 7.85. The summed E-state index contributed by atoms with van der Waals surface area (Å²) in [6, 6.07) is 8.12. The van der Waals surface area contributed by atoms with E-state index in [1.54, 1.807) is 24.3 Å². The third kappa shape index (κ3) is 3.58. The maximum atomic E-state index is 13.1. The minimum absolute atomic E-state index is 0.203. The molecule has 2 rings (SSSR count). The lowest BCUT2D eigenvalue weighted by molar-refractivity contribution is -0.147. The van der Waals surface area contributed by atoms with Gasteiger partial charge in [0.1, 0.15) is 12.2 Å². The quantitative estimate of drug-likeness (QED) is 0.780. The summed E-state index contributed by atoms with van der Waals surface area (Å²) in [5.74, 6) is -0.273. The van der Waals surface area contributed by atoms with Gasteiger partial charge in [-0.15, -0.1) is 0 Å². The molecule has 0 saturated heterocycles. The number of amides is 1. The molecule has 1 aliphatic heterocycles. The number of hydrogen-bond donors (Lipinski definition) is 0. The minimum atomic E-state index is -0.764. The van der Waals surface area contributed by atoms with Crippen LogP contribution in [0.5, 0.6) is 0 Å². The van der Waals surface area contributed by atoms with Gasteiger partial charge < -0.3 is 14.4 Å². The number of ether oxygens (including phenoxy) is 2. The minimum Gasteiger partial charge on any atom is -0.484 e. The summed E-state index contributed by atoms with van der Waals surface area (Å²) in [7, 11) is 2.83. The van der Waals surface area contributed by atoms with Crippen LogP contribution in [0.2, 0.25) is 0 Å². The molecule has 1 aliphatic rings. The molecule has 0 aliphatic carbocycles. The van der Waals surface area contributed by atoms with Gasteiger partial charge in [0.05, 0.1) is 20.6 Å². The highest BCUT2D eigenvalue weighted by molar-refractivity contribution is 5.99. The maximum Gasteiger partial charge on any atom is 0.329 e. The monoisotopic (exact) mass is 332 g/mol. The second kappa shape index (κ2) is 7.03. The molecule has 2 atom stereocenters. The Kier molecular flexibility index (Phi) is 5.26.